The van der Waals surface area contributed by atoms with Gasteiger partial charge in [0.2, 0.25) is 0 Å². The first-order chi connectivity index (χ1) is 4.93. The lowest BCUT2D eigenvalue weighted by Gasteiger charge is -2.10. The quantitative estimate of drug-likeness (QED) is 0.550. The van der Waals surface area contributed by atoms with E-state index >= 15 is 0 Å². The molecule has 0 amide bonds. The van der Waals surface area contributed by atoms with Crippen molar-refractivity contribution in [3.05, 3.63) is 17.4 Å². The van der Waals surface area contributed by atoms with E-state index in [0.717, 1.165) is 0 Å². The smallest absolute Gasteiger partial charge is 0.0686 e. The van der Waals surface area contributed by atoms with Crippen LogP contribution in [-0.4, -0.2) is 11.7 Å². The summed E-state index contributed by atoms with van der Waals surface area (Å²) in [5.41, 5.74) is 4.50. The number of aliphatic hydroxyl groups excluding tert-OH is 1. The molecule has 1 aliphatic rings. The maximum Gasteiger partial charge on any atom is 0.0686 e. The standard InChI is InChI=1S/C9H14O/c10-8-4-7-9-5-2-1-3-6-9/h4,10H,1-3,5-6,8H2. The molecule has 1 saturated carbocycles. The lowest BCUT2D eigenvalue weighted by atomic mass is 9.96. The fraction of sp³-hybridized carbons (Fsp3) is 0.667. The Morgan fingerprint density at radius 3 is 2.60 bits per heavy atom. The zero-order valence-corrected chi connectivity index (χ0v) is 6.27. The maximum atomic E-state index is 8.47. The molecular weight excluding hydrogens is 124 g/mol. The second kappa shape index (κ2) is 4.32. The molecule has 1 aliphatic carbocycles. The van der Waals surface area contributed by atoms with Crippen LogP contribution in [0.3, 0.4) is 0 Å². The Balaban J connectivity index is 2.45. The molecule has 1 fully saturated rings. The molecule has 1 rings (SSSR count). The number of aliphatic hydroxyl groups is 1. The summed E-state index contributed by atoms with van der Waals surface area (Å²) in [4.78, 5) is 0. The molecule has 0 aromatic heterocycles. The van der Waals surface area contributed by atoms with E-state index in [1.807, 2.05) is 0 Å². The van der Waals surface area contributed by atoms with E-state index in [1.165, 1.54) is 37.7 Å². The van der Waals surface area contributed by atoms with Crippen molar-refractivity contribution in [1.82, 2.24) is 0 Å². The highest BCUT2D eigenvalue weighted by molar-refractivity contribution is 5.03. The van der Waals surface area contributed by atoms with Crippen LogP contribution >= 0.6 is 0 Å². The lowest BCUT2D eigenvalue weighted by molar-refractivity contribution is 0.343. The third-order valence-electron chi connectivity index (χ3n) is 1.85. The van der Waals surface area contributed by atoms with Crippen LogP contribution in [0.2, 0.25) is 0 Å². The Morgan fingerprint density at radius 2 is 2.00 bits per heavy atom. The molecule has 56 valence electrons. The summed E-state index contributed by atoms with van der Waals surface area (Å²) in [7, 11) is 0. The fourth-order valence-corrected chi connectivity index (χ4v) is 1.31. The first kappa shape index (κ1) is 7.59. The second-order valence-corrected chi connectivity index (χ2v) is 2.70. The van der Waals surface area contributed by atoms with E-state index < -0.39 is 0 Å². The predicted octanol–water partition coefficient (Wildman–Crippen LogP) is 2.02. The molecule has 0 aliphatic heterocycles. The Kier molecular flexibility index (Phi) is 3.28. The average molecular weight is 138 g/mol. The summed E-state index contributed by atoms with van der Waals surface area (Å²) in [6.07, 6.45) is 8.07. The van der Waals surface area contributed by atoms with Gasteiger partial charge in [-0.15, -0.1) is 5.73 Å². The van der Waals surface area contributed by atoms with E-state index in [2.05, 4.69) is 5.73 Å². The van der Waals surface area contributed by atoms with Gasteiger partial charge in [-0.05, 0) is 37.3 Å². The molecule has 0 unspecified atom stereocenters. The Labute approximate surface area is 62.1 Å². The monoisotopic (exact) mass is 138 g/mol. The third kappa shape index (κ3) is 2.38. The highest BCUT2D eigenvalue weighted by atomic mass is 16.2. The second-order valence-electron chi connectivity index (χ2n) is 2.70. The van der Waals surface area contributed by atoms with Crippen molar-refractivity contribution >= 4 is 0 Å². The van der Waals surface area contributed by atoms with E-state index in [0.29, 0.717) is 0 Å². The molecule has 0 saturated heterocycles. The normalized spacial score (nSPS) is 18.3. The molecule has 0 bridgehead atoms. The van der Waals surface area contributed by atoms with Crippen molar-refractivity contribution < 1.29 is 5.11 Å². The molecule has 10 heavy (non-hydrogen) atoms. The van der Waals surface area contributed by atoms with Crippen LogP contribution in [-0.2, 0) is 0 Å². The molecule has 0 spiro atoms. The highest BCUT2D eigenvalue weighted by Crippen LogP contribution is 2.21. The number of rotatable bonds is 1. The summed E-state index contributed by atoms with van der Waals surface area (Å²) in [5, 5.41) is 8.47. The largest absolute Gasteiger partial charge is 0.392 e. The fourth-order valence-electron chi connectivity index (χ4n) is 1.31. The molecule has 1 heteroatoms. The van der Waals surface area contributed by atoms with Crippen LogP contribution in [0, 0.1) is 0 Å². The zero-order valence-electron chi connectivity index (χ0n) is 6.27. The van der Waals surface area contributed by atoms with E-state index in [9.17, 15) is 0 Å². The van der Waals surface area contributed by atoms with Crippen molar-refractivity contribution in [3.63, 3.8) is 0 Å². The van der Waals surface area contributed by atoms with Crippen LogP contribution in [0.4, 0.5) is 0 Å². The minimum Gasteiger partial charge on any atom is -0.392 e. The van der Waals surface area contributed by atoms with Gasteiger partial charge in [-0.3, -0.25) is 0 Å². The molecule has 0 radical (unpaired) electrons. The Hall–Kier alpha value is -0.520. The first-order valence-corrected chi connectivity index (χ1v) is 3.97. The topological polar surface area (TPSA) is 20.2 Å². The van der Waals surface area contributed by atoms with Crippen LogP contribution in [0.1, 0.15) is 32.1 Å². The van der Waals surface area contributed by atoms with Gasteiger partial charge in [-0.2, -0.15) is 0 Å². The van der Waals surface area contributed by atoms with Gasteiger partial charge in [0.05, 0.1) is 6.61 Å². The molecular formula is C9H14O. The summed E-state index contributed by atoms with van der Waals surface area (Å²) in [6.45, 7) is 0.128. The first-order valence-electron chi connectivity index (χ1n) is 3.97. The minimum atomic E-state index is 0.128. The average Bonchev–Trinajstić information content (AvgIpc) is 2.03. The van der Waals surface area contributed by atoms with Gasteiger partial charge in [-0.1, -0.05) is 6.42 Å². The summed E-state index contributed by atoms with van der Waals surface area (Å²) >= 11 is 0. The van der Waals surface area contributed by atoms with Gasteiger partial charge in [0.1, 0.15) is 0 Å². The number of hydrogen-bond acceptors (Lipinski definition) is 1. The van der Waals surface area contributed by atoms with Crippen LogP contribution in [0.15, 0.2) is 17.4 Å². The van der Waals surface area contributed by atoms with Gasteiger partial charge in [-0.25, -0.2) is 0 Å². The van der Waals surface area contributed by atoms with Gasteiger partial charge >= 0.3 is 0 Å². The molecule has 1 nitrogen and oxygen atoms in total. The third-order valence-corrected chi connectivity index (χ3v) is 1.85. The predicted molar refractivity (Wildman–Crippen MR) is 41.8 cm³/mol. The molecule has 0 atom stereocenters. The molecule has 0 heterocycles. The summed E-state index contributed by atoms with van der Waals surface area (Å²) in [6, 6.07) is 0. The van der Waals surface area contributed by atoms with Gasteiger partial charge in [0.15, 0.2) is 0 Å². The van der Waals surface area contributed by atoms with Crippen molar-refractivity contribution in [2.24, 2.45) is 0 Å². The molecule has 1 N–H and O–H groups in total. The van der Waals surface area contributed by atoms with Crippen molar-refractivity contribution in [2.75, 3.05) is 6.61 Å². The minimum absolute atomic E-state index is 0.128. The van der Waals surface area contributed by atoms with Crippen molar-refractivity contribution in [3.8, 4) is 0 Å². The molecule has 0 aromatic rings. The van der Waals surface area contributed by atoms with E-state index in [4.69, 9.17) is 5.11 Å². The van der Waals surface area contributed by atoms with Crippen LogP contribution in [0.5, 0.6) is 0 Å². The molecule has 0 aromatic carbocycles. The summed E-state index contributed by atoms with van der Waals surface area (Å²) < 4.78 is 0. The highest BCUT2D eigenvalue weighted by Gasteiger charge is 2.02. The van der Waals surface area contributed by atoms with Gasteiger partial charge in [0, 0.05) is 0 Å². The van der Waals surface area contributed by atoms with Gasteiger partial charge in [0.25, 0.3) is 0 Å². The lowest BCUT2D eigenvalue weighted by Crippen LogP contribution is -1.91. The van der Waals surface area contributed by atoms with Gasteiger partial charge < -0.3 is 5.11 Å². The van der Waals surface area contributed by atoms with Crippen LogP contribution < -0.4 is 0 Å². The van der Waals surface area contributed by atoms with E-state index in [1.54, 1.807) is 6.08 Å². The van der Waals surface area contributed by atoms with E-state index in [-0.39, 0.29) is 6.61 Å². The SMILES string of the molecule is OCC=C=C1CCCCC1. The maximum absolute atomic E-state index is 8.47. The Morgan fingerprint density at radius 1 is 1.30 bits per heavy atom. The van der Waals surface area contributed by atoms with Crippen molar-refractivity contribution in [2.45, 2.75) is 32.1 Å². The van der Waals surface area contributed by atoms with Crippen molar-refractivity contribution in [1.29, 1.82) is 0 Å². The summed E-state index contributed by atoms with van der Waals surface area (Å²) in [5.74, 6) is 0. The Bertz CT molecular complexity index is 144. The zero-order chi connectivity index (χ0) is 7.23. The number of hydrogen-bond donors (Lipinski definition) is 1. The van der Waals surface area contributed by atoms with Crippen LogP contribution in [0.25, 0.3) is 0 Å².